The van der Waals surface area contributed by atoms with Crippen molar-refractivity contribution >= 4 is 5.91 Å². The van der Waals surface area contributed by atoms with E-state index in [4.69, 9.17) is 5.26 Å². The molecule has 18 heavy (non-hydrogen) atoms. The summed E-state index contributed by atoms with van der Waals surface area (Å²) >= 11 is 0. The molecule has 0 aromatic heterocycles. The van der Waals surface area contributed by atoms with Crippen LogP contribution in [-0.4, -0.2) is 49.4 Å². The van der Waals surface area contributed by atoms with Gasteiger partial charge in [0.2, 0.25) is 5.91 Å². The van der Waals surface area contributed by atoms with E-state index in [0.717, 1.165) is 32.0 Å². The van der Waals surface area contributed by atoms with Gasteiger partial charge < -0.3 is 9.80 Å². The van der Waals surface area contributed by atoms with E-state index in [1.807, 2.05) is 14.0 Å². The van der Waals surface area contributed by atoms with Crippen LogP contribution >= 0.6 is 0 Å². The van der Waals surface area contributed by atoms with E-state index >= 15 is 0 Å². The third-order valence-corrected chi connectivity index (χ3v) is 3.95. The molecule has 1 aliphatic heterocycles. The Labute approximate surface area is 111 Å². The molecule has 1 amide bonds. The van der Waals surface area contributed by atoms with Crippen molar-refractivity contribution in [1.82, 2.24) is 9.80 Å². The van der Waals surface area contributed by atoms with Crippen molar-refractivity contribution in [2.75, 3.05) is 33.7 Å². The summed E-state index contributed by atoms with van der Waals surface area (Å²) in [5, 5.41) is 8.89. The fourth-order valence-corrected chi connectivity index (χ4v) is 2.42. The zero-order valence-corrected chi connectivity index (χ0v) is 11.9. The van der Waals surface area contributed by atoms with Gasteiger partial charge in [0, 0.05) is 13.6 Å². The van der Waals surface area contributed by atoms with Gasteiger partial charge >= 0.3 is 0 Å². The van der Waals surface area contributed by atoms with Gasteiger partial charge in [-0.15, -0.1) is 0 Å². The molecular formula is C14H25N3O. The van der Waals surface area contributed by atoms with Crippen molar-refractivity contribution in [3.8, 4) is 6.07 Å². The minimum atomic E-state index is -0.465. The number of carbonyl (C=O) groups is 1. The molecule has 1 saturated heterocycles. The van der Waals surface area contributed by atoms with Crippen LogP contribution in [0.3, 0.4) is 0 Å². The molecular weight excluding hydrogens is 226 g/mol. The van der Waals surface area contributed by atoms with Crippen LogP contribution in [0.25, 0.3) is 0 Å². The molecule has 1 aliphatic rings. The highest BCUT2D eigenvalue weighted by Gasteiger charge is 2.22. The molecule has 1 heterocycles. The number of hydrogen-bond acceptors (Lipinski definition) is 3. The molecule has 1 rings (SSSR count). The van der Waals surface area contributed by atoms with Gasteiger partial charge in [-0.3, -0.25) is 4.79 Å². The van der Waals surface area contributed by atoms with Crippen LogP contribution in [-0.2, 0) is 4.79 Å². The third-order valence-electron chi connectivity index (χ3n) is 3.95. The summed E-state index contributed by atoms with van der Waals surface area (Å²) in [6.45, 7) is 5.00. The fourth-order valence-electron chi connectivity index (χ4n) is 2.42. The number of piperidine rings is 1. The minimum absolute atomic E-state index is 0.0204. The Morgan fingerprint density at radius 2 is 2.11 bits per heavy atom. The molecule has 0 aromatic rings. The number of hydrogen-bond donors (Lipinski definition) is 0. The molecule has 1 unspecified atom stereocenters. The van der Waals surface area contributed by atoms with Crippen LogP contribution in [0.5, 0.6) is 0 Å². The molecule has 0 aromatic carbocycles. The first-order valence-corrected chi connectivity index (χ1v) is 6.91. The maximum Gasteiger partial charge on any atom is 0.239 e. The predicted octanol–water partition coefficient (Wildman–Crippen LogP) is 1.73. The Hall–Kier alpha value is -1.08. The summed E-state index contributed by atoms with van der Waals surface area (Å²) in [5.74, 6) is 0.249. The van der Waals surface area contributed by atoms with Gasteiger partial charge in [0.25, 0.3) is 0 Å². The van der Waals surface area contributed by atoms with Crippen molar-refractivity contribution in [2.24, 2.45) is 11.8 Å². The number of amides is 1. The molecule has 4 nitrogen and oxygen atoms in total. The molecule has 102 valence electrons. The summed E-state index contributed by atoms with van der Waals surface area (Å²) in [6.07, 6.45) is 4.13. The normalized spacial score (nSPS) is 19.2. The van der Waals surface area contributed by atoms with Crippen molar-refractivity contribution in [1.29, 1.82) is 5.26 Å². The Balaban J connectivity index is 2.30. The minimum Gasteiger partial charge on any atom is -0.345 e. The summed E-state index contributed by atoms with van der Waals surface area (Å²) in [7, 11) is 3.97. The monoisotopic (exact) mass is 251 g/mol. The summed E-state index contributed by atoms with van der Waals surface area (Å²) in [5.41, 5.74) is 0. The lowest BCUT2D eigenvalue weighted by Crippen LogP contribution is -2.35. The fraction of sp³-hybridized carbons (Fsp3) is 0.857. The second kappa shape index (κ2) is 7.38. The summed E-state index contributed by atoms with van der Waals surface area (Å²) in [6, 6.07) is 2.08. The zero-order chi connectivity index (χ0) is 13.5. The van der Waals surface area contributed by atoms with Crippen LogP contribution < -0.4 is 0 Å². The average molecular weight is 251 g/mol. The van der Waals surface area contributed by atoms with Gasteiger partial charge in [0.1, 0.15) is 5.92 Å². The topological polar surface area (TPSA) is 47.3 Å². The summed E-state index contributed by atoms with van der Waals surface area (Å²) in [4.78, 5) is 16.0. The smallest absolute Gasteiger partial charge is 0.239 e. The van der Waals surface area contributed by atoms with Crippen LogP contribution in [0.1, 0.15) is 32.6 Å². The van der Waals surface area contributed by atoms with E-state index in [-0.39, 0.29) is 5.91 Å². The van der Waals surface area contributed by atoms with E-state index in [1.165, 1.54) is 12.8 Å². The maximum atomic E-state index is 11.9. The van der Waals surface area contributed by atoms with Crippen LogP contribution in [0.2, 0.25) is 0 Å². The lowest BCUT2D eigenvalue weighted by atomic mass is 9.93. The van der Waals surface area contributed by atoms with Crippen LogP contribution in [0.15, 0.2) is 0 Å². The average Bonchev–Trinajstić information content (AvgIpc) is 2.39. The molecule has 1 fully saturated rings. The van der Waals surface area contributed by atoms with Gasteiger partial charge in [0.15, 0.2) is 0 Å². The van der Waals surface area contributed by atoms with Crippen molar-refractivity contribution < 1.29 is 4.79 Å². The van der Waals surface area contributed by atoms with Gasteiger partial charge in [0.05, 0.1) is 6.07 Å². The maximum absolute atomic E-state index is 11.9. The first kappa shape index (κ1) is 15.0. The Kier molecular flexibility index (Phi) is 6.14. The van der Waals surface area contributed by atoms with Gasteiger partial charge in [-0.25, -0.2) is 0 Å². The van der Waals surface area contributed by atoms with E-state index < -0.39 is 5.92 Å². The lowest BCUT2D eigenvalue weighted by Gasteiger charge is -2.30. The highest BCUT2D eigenvalue weighted by Crippen LogP contribution is 2.20. The second-order valence-electron chi connectivity index (χ2n) is 5.39. The molecule has 0 saturated carbocycles. The molecule has 1 atom stereocenters. The third kappa shape index (κ3) is 4.30. The Morgan fingerprint density at radius 3 is 2.61 bits per heavy atom. The van der Waals surface area contributed by atoms with Crippen molar-refractivity contribution in [3.05, 3.63) is 0 Å². The van der Waals surface area contributed by atoms with Crippen molar-refractivity contribution in [3.63, 3.8) is 0 Å². The zero-order valence-electron chi connectivity index (χ0n) is 11.9. The molecule has 0 aliphatic carbocycles. The second-order valence-corrected chi connectivity index (χ2v) is 5.39. The molecule has 4 heteroatoms. The highest BCUT2D eigenvalue weighted by molar-refractivity contribution is 5.80. The van der Waals surface area contributed by atoms with E-state index in [2.05, 4.69) is 18.0 Å². The van der Waals surface area contributed by atoms with Crippen LogP contribution in [0.4, 0.5) is 0 Å². The first-order chi connectivity index (χ1) is 8.58. The van der Waals surface area contributed by atoms with Gasteiger partial charge in [-0.2, -0.15) is 5.26 Å². The van der Waals surface area contributed by atoms with E-state index in [9.17, 15) is 4.79 Å². The first-order valence-electron chi connectivity index (χ1n) is 6.91. The van der Waals surface area contributed by atoms with Gasteiger partial charge in [-0.1, -0.05) is 6.92 Å². The number of nitrogens with zero attached hydrogens (tertiary/aromatic N) is 3. The van der Waals surface area contributed by atoms with Crippen LogP contribution in [0, 0.1) is 23.2 Å². The summed E-state index contributed by atoms with van der Waals surface area (Å²) < 4.78 is 0. The molecule has 0 N–H and O–H groups in total. The largest absolute Gasteiger partial charge is 0.345 e. The number of carbonyl (C=O) groups excluding carboxylic acids is 1. The number of likely N-dealkylation sites (tertiary alicyclic amines) is 1. The van der Waals surface area contributed by atoms with Gasteiger partial charge in [-0.05, 0) is 51.7 Å². The van der Waals surface area contributed by atoms with E-state index in [1.54, 1.807) is 4.90 Å². The lowest BCUT2D eigenvalue weighted by molar-refractivity contribution is -0.132. The Morgan fingerprint density at radius 1 is 1.50 bits per heavy atom. The quantitative estimate of drug-likeness (QED) is 0.747. The van der Waals surface area contributed by atoms with Crippen molar-refractivity contribution in [2.45, 2.75) is 32.6 Å². The van der Waals surface area contributed by atoms with E-state index in [0.29, 0.717) is 6.42 Å². The predicted molar refractivity (Wildman–Crippen MR) is 71.9 cm³/mol. The highest BCUT2D eigenvalue weighted by atomic mass is 16.2. The number of rotatable bonds is 5. The number of nitriles is 1. The molecule has 0 bridgehead atoms. The standard InChI is InChI=1S/C14H25N3O/c1-4-13(11-15)14(18)17(3)10-7-12-5-8-16(2)9-6-12/h12-13H,4-10H2,1-3H3. The Bertz CT molecular complexity index is 303. The SMILES string of the molecule is CCC(C#N)C(=O)N(C)CCC1CCN(C)CC1. The molecule has 0 radical (unpaired) electrons. The molecule has 0 spiro atoms.